The molecule has 0 unspecified atom stereocenters. The van der Waals surface area contributed by atoms with Crippen LogP contribution >= 0.6 is 34.8 Å². The van der Waals surface area contributed by atoms with Crippen LogP contribution in [0.25, 0.3) is 10.9 Å². The largest absolute Gasteiger partial charge is 0.361 e. The van der Waals surface area contributed by atoms with Crippen molar-refractivity contribution >= 4 is 57.5 Å². The highest BCUT2D eigenvalue weighted by Gasteiger charge is 2.36. The van der Waals surface area contributed by atoms with E-state index in [9.17, 15) is 9.59 Å². The minimum absolute atomic E-state index is 0.00999. The van der Waals surface area contributed by atoms with Gasteiger partial charge in [-0.15, -0.1) is 0 Å². The molecule has 1 N–H and O–H groups in total. The SMILES string of the molecule is O=C(CN(C(=O)c1ccccc1Cl)C1CC1)N(CCc1c[nH]c2ccccc12)Cc1ccc(Cl)c(Cl)c1. The fourth-order valence-electron chi connectivity index (χ4n) is 4.53. The number of halogens is 3. The maximum Gasteiger partial charge on any atom is 0.256 e. The standard InChI is InChI=1S/C29H26Cl3N3O2/c30-24-7-3-1-6-23(24)29(37)35(21-10-11-21)18-28(36)34(17-19-9-12-25(31)26(32)15-19)14-13-20-16-33-27-8-4-2-5-22(20)27/h1-9,12,15-16,21,33H,10-11,13-14,17-18H2. The maximum atomic E-state index is 13.7. The van der Waals surface area contributed by atoms with E-state index in [1.165, 1.54) is 0 Å². The molecule has 0 atom stereocenters. The van der Waals surface area contributed by atoms with E-state index in [1.54, 1.807) is 46.2 Å². The number of hydrogen-bond donors (Lipinski definition) is 1. The number of aromatic amines is 1. The molecular formula is C29H26Cl3N3O2. The van der Waals surface area contributed by atoms with Gasteiger partial charge in [0, 0.05) is 36.2 Å². The maximum absolute atomic E-state index is 13.7. The molecule has 1 saturated carbocycles. The van der Waals surface area contributed by atoms with Crippen molar-refractivity contribution in [1.29, 1.82) is 0 Å². The van der Waals surface area contributed by atoms with Gasteiger partial charge in [0.1, 0.15) is 6.54 Å². The normalized spacial score (nSPS) is 13.1. The summed E-state index contributed by atoms with van der Waals surface area (Å²) in [6.07, 6.45) is 4.42. The first kappa shape index (κ1) is 25.7. The van der Waals surface area contributed by atoms with E-state index < -0.39 is 0 Å². The van der Waals surface area contributed by atoms with Crippen LogP contribution in [0.2, 0.25) is 15.1 Å². The molecule has 1 aliphatic rings. The third-order valence-corrected chi connectivity index (χ3v) is 7.76. The van der Waals surface area contributed by atoms with Gasteiger partial charge in [0.25, 0.3) is 5.91 Å². The molecule has 190 valence electrons. The Bertz CT molecular complexity index is 1450. The van der Waals surface area contributed by atoms with Gasteiger partial charge in [-0.3, -0.25) is 9.59 Å². The number of nitrogens with zero attached hydrogens (tertiary/aromatic N) is 2. The molecule has 8 heteroatoms. The van der Waals surface area contributed by atoms with Crippen LogP contribution in [0.3, 0.4) is 0 Å². The Morgan fingerprint density at radius 2 is 1.65 bits per heavy atom. The number of carbonyl (C=O) groups is 2. The molecule has 0 saturated heterocycles. The summed E-state index contributed by atoms with van der Waals surface area (Å²) in [7, 11) is 0. The lowest BCUT2D eigenvalue weighted by Crippen LogP contribution is -2.44. The second-order valence-electron chi connectivity index (χ2n) is 9.32. The molecule has 5 nitrogen and oxygen atoms in total. The quantitative estimate of drug-likeness (QED) is 0.242. The summed E-state index contributed by atoms with van der Waals surface area (Å²) in [5.74, 6) is -0.342. The van der Waals surface area contributed by atoms with Gasteiger partial charge in [-0.1, -0.05) is 71.2 Å². The van der Waals surface area contributed by atoms with Crippen molar-refractivity contribution in [2.75, 3.05) is 13.1 Å². The number of H-pyrrole nitrogens is 1. The summed E-state index contributed by atoms with van der Waals surface area (Å²) >= 11 is 18.7. The van der Waals surface area contributed by atoms with Gasteiger partial charge < -0.3 is 14.8 Å². The molecule has 3 aromatic carbocycles. The van der Waals surface area contributed by atoms with Crippen LogP contribution < -0.4 is 0 Å². The van der Waals surface area contributed by atoms with E-state index in [4.69, 9.17) is 34.8 Å². The molecule has 0 bridgehead atoms. The lowest BCUT2D eigenvalue weighted by molar-refractivity contribution is -0.132. The van der Waals surface area contributed by atoms with Crippen LogP contribution in [0.1, 0.15) is 34.3 Å². The second kappa shape index (κ2) is 11.2. The third kappa shape index (κ3) is 5.96. The topological polar surface area (TPSA) is 56.4 Å². The van der Waals surface area contributed by atoms with Gasteiger partial charge >= 0.3 is 0 Å². The van der Waals surface area contributed by atoms with E-state index in [-0.39, 0.29) is 24.4 Å². The van der Waals surface area contributed by atoms with Gasteiger partial charge in [-0.05, 0) is 60.7 Å². The molecule has 0 radical (unpaired) electrons. The van der Waals surface area contributed by atoms with Crippen LogP contribution in [0.4, 0.5) is 0 Å². The summed E-state index contributed by atoms with van der Waals surface area (Å²) in [4.78, 5) is 33.8. The number of amides is 2. The Labute approximate surface area is 230 Å². The molecule has 0 spiro atoms. The number of aromatic nitrogens is 1. The van der Waals surface area contributed by atoms with E-state index in [1.807, 2.05) is 30.5 Å². The highest BCUT2D eigenvalue weighted by atomic mass is 35.5. The zero-order valence-electron chi connectivity index (χ0n) is 20.1. The lowest BCUT2D eigenvalue weighted by atomic mass is 10.1. The third-order valence-electron chi connectivity index (χ3n) is 6.69. The Balaban J connectivity index is 1.37. The predicted octanol–water partition coefficient (Wildman–Crippen LogP) is 7.00. The zero-order chi connectivity index (χ0) is 25.9. The van der Waals surface area contributed by atoms with Crippen LogP contribution in [0.5, 0.6) is 0 Å². The average Bonchev–Trinajstić information content (AvgIpc) is 3.66. The highest BCUT2D eigenvalue weighted by molar-refractivity contribution is 6.42. The summed E-state index contributed by atoms with van der Waals surface area (Å²) in [6, 6.07) is 20.5. The van der Waals surface area contributed by atoms with Gasteiger partial charge in [0.15, 0.2) is 0 Å². The molecule has 2 amide bonds. The molecule has 1 fully saturated rings. The molecule has 1 aromatic heterocycles. The van der Waals surface area contributed by atoms with Crippen molar-refractivity contribution in [3.63, 3.8) is 0 Å². The molecule has 1 aliphatic carbocycles. The lowest BCUT2D eigenvalue weighted by Gasteiger charge is -2.28. The fourth-order valence-corrected chi connectivity index (χ4v) is 5.07. The second-order valence-corrected chi connectivity index (χ2v) is 10.5. The predicted molar refractivity (Wildman–Crippen MR) is 149 cm³/mol. The van der Waals surface area contributed by atoms with E-state index >= 15 is 0 Å². The van der Waals surface area contributed by atoms with Crippen molar-refractivity contribution in [2.45, 2.75) is 31.8 Å². The number of rotatable bonds is 9. The molecule has 37 heavy (non-hydrogen) atoms. The number of benzene rings is 3. The number of fused-ring (bicyclic) bond motifs is 1. The average molecular weight is 555 g/mol. The van der Waals surface area contributed by atoms with Gasteiger partial charge in [0.05, 0.1) is 20.6 Å². The van der Waals surface area contributed by atoms with Gasteiger partial charge in [-0.25, -0.2) is 0 Å². The molecule has 0 aliphatic heterocycles. The summed E-state index contributed by atoms with van der Waals surface area (Å²) < 4.78 is 0. The van der Waals surface area contributed by atoms with Crippen LogP contribution in [0, 0.1) is 0 Å². The Kier molecular flexibility index (Phi) is 7.75. The monoisotopic (exact) mass is 553 g/mol. The first-order valence-electron chi connectivity index (χ1n) is 12.2. The number of nitrogens with one attached hydrogen (secondary N) is 1. The van der Waals surface area contributed by atoms with Crippen molar-refractivity contribution in [3.05, 3.63) is 105 Å². The van der Waals surface area contributed by atoms with Crippen molar-refractivity contribution in [2.24, 2.45) is 0 Å². The number of hydrogen-bond acceptors (Lipinski definition) is 2. The highest BCUT2D eigenvalue weighted by Crippen LogP contribution is 2.30. The molecular weight excluding hydrogens is 529 g/mol. The molecule has 1 heterocycles. The minimum Gasteiger partial charge on any atom is -0.361 e. The van der Waals surface area contributed by atoms with Crippen LogP contribution in [-0.4, -0.2) is 45.7 Å². The molecule has 4 aromatic rings. The van der Waals surface area contributed by atoms with E-state index in [2.05, 4.69) is 11.1 Å². The number of para-hydroxylation sites is 1. The first-order valence-corrected chi connectivity index (χ1v) is 13.4. The van der Waals surface area contributed by atoms with E-state index in [0.29, 0.717) is 40.1 Å². The van der Waals surface area contributed by atoms with Crippen molar-refractivity contribution < 1.29 is 9.59 Å². The van der Waals surface area contributed by atoms with Gasteiger partial charge in [-0.2, -0.15) is 0 Å². The summed E-state index contributed by atoms with van der Waals surface area (Å²) in [5, 5.41) is 2.43. The fraction of sp³-hybridized carbons (Fsp3) is 0.241. The molecule has 5 rings (SSSR count). The Hall–Kier alpha value is -2.99. The van der Waals surface area contributed by atoms with Crippen LogP contribution in [0.15, 0.2) is 72.9 Å². The zero-order valence-corrected chi connectivity index (χ0v) is 22.4. The van der Waals surface area contributed by atoms with E-state index in [0.717, 1.165) is 34.9 Å². The van der Waals surface area contributed by atoms with Crippen molar-refractivity contribution in [3.8, 4) is 0 Å². The summed E-state index contributed by atoms with van der Waals surface area (Å²) in [5.41, 5.74) is 3.48. The Morgan fingerprint density at radius 1 is 0.892 bits per heavy atom. The Morgan fingerprint density at radius 3 is 2.41 bits per heavy atom. The minimum atomic E-state index is -0.215. The van der Waals surface area contributed by atoms with Crippen molar-refractivity contribution in [1.82, 2.24) is 14.8 Å². The smallest absolute Gasteiger partial charge is 0.256 e. The van der Waals surface area contributed by atoms with Gasteiger partial charge in [0.2, 0.25) is 5.91 Å². The number of carbonyl (C=O) groups excluding carboxylic acids is 2. The van der Waals surface area contributed by atoms with Crippen LogP contribution in [-0.2, 0) is 17.8 Å². The summed E-state index contributed by atoms with van der Waals surface area (Å²) in [6.45, 7) is 0.834. The first-order chi connectivity index (χ1) is 17.9.